The molecule has 0 radical (unpaired) electrons. The molecule has 2 amide bonds. The second kappa shape index (κ2) is 7.28. The van der Waals surface area contributed by atoms with Crippen molar-refractivity contribution in [2.45, 2.75) is 24.8 Å². The summed E-state index contributed by atoms with van der Waals surface area (Å²) in [4.78, 5) is 12.8. The van der Waals surface area contributed by atoms with Gasteiger partial charge in [0.2, 0.25) is 0 Å². The van der Waals surface area contributed by atoms with E-state index in [0.717, 1.165) is 10.6 Å². The second-order valence-electron chi connectivity index (χ2n) is 4.25. The number of hydrogen-bond acceptors (Lipinski definition) is 3. The zero-order valence-corrected chi connectivity index (χ0v) is 11.8. The molecule has 4 nitrogen and oxygen atoms in total. The Balaban J connectivity index is 2.59. The number of thioether (sulfide) groups is 1. The molecule has 3 N–H and O–H groups in total. The molecule has 2 atom stereocenters. The number of amides is 2. The minimum Gasteiger partial charge on any atom is -0.396 e. The van der Waals surface area contributed by atoms with Crippen LogP contribution in [-0.2, 0) is 0 Å². The molecule has 0 aliphatic rings. The summed E-state index contributed by atoms with van der Waals surface area (Å²) in [6, 6.07) is 7.33. The lowest BCUT2D eigenvalue weighted by Crippen LogP contribution is -2.40. The van der Waals surface area contributed by atoms with E-state index in [1.54, 1.807) is 11.8 Å². The number of aliphatic hydroxyl groups is 1. The number of nitrogens with one attached hydrogen (secondary N) is 2. The van der Waals surface area contributed by atoms with Gasteiger partial charge in [-0.1, -0.05) is 19.1 Å². The molecule has 0 aliphatic carbocycles. The fourth-order valence-corrected chi connectivity index (χ4v) is 1.97. The highest BCUT2D eigenvalue weighted by Gasteiger charge is 2.14. The summed E-state index contributed by atoms with van der Waals surface area (Å²) in [5.41, 5.74) is 0.798. The number of carbonyl (C=O) groups excluding carboxylic acids is 1. The highest BCUT2D eigenvalue weighted by Crippen LogP contribution is 2.24. The molecular formula is C13H20N2O2S. The maximum absolute atomic E-state index is 11.8. The Morgan fingerprint density at radius 3 is 2.67 bits per heavy atom. The number of aliphatic hydroxyl groups excluding tert-OH is 1. The molecule has 1 aromatic carbocycles. The van der Waals surface area contributed by atoms with E-state index in [0.29, 0.717) is 0 Å². The summed E-state index contributed by atoms with van der Waals surface area (Å²) in [6.45, 7) is 3.82. The Morgan fingerprint density at radius 1 is 1.39 bits per heavy atom. The molecule has 0 heterocycles. The standard InChI is InChI=1S/C13H20N2O2S/c1-9(8-16)10(2)14-13(17)15-11-6-4-5-7-12(11)18-3/h4-7,9-10,16H,8H2,1-3H3,(H2,14,15,17). The van der Waals surface area contributed by atoms with Crippen LogP contribution in [0.4, 0.5) is 10.5 Å². The van der Waals surface area contributed by atoms with Crippen molar-refractivity contribution in [3.05, 3.63) is 24.3 Å². The van der Waals surface area contributed by atoms with E-state index in [-0.39, 0.29) is 24.6 Å². The van der Waals surface area contributed by atoms with E-state index in [1.807, 2.05) is 44.4 Å². The molecule has 1 rings (SSSR count). The number of carbonyl (C=O) groups is 1. The van der Waals surface area contributed by atoms with E-state index in [2.05, 4.69) is 10.6 Å². The van der Waals surface area contributed by atoms with Gasteiger partial charge in [0.15, 0.2) is 0 Å². The Morgan fingerprint density at radius 2 is 2.06 bits per heavy atom. The summed E-state index contributed by atoms with van der Waals surface area (Å²) in [7, 11) is 0. The highest BCUT2D eigenvalue weighted by atomic mass is 32.2. The fraction of sp³-hybridized carbons (Fsp3) is 0.462. The summed E-state index contributed by atoms with van der Waals surface area (Å²) in [5.74, 6) is 0.0338. The van der Waals surface area contributed by atoms with Gasteiger partial charge in [-0.3, -0.25) is 0 Å². The number of urea groups is 1. The van der Waals surface area contributed by atoms with Crippen molar-refractivity contribution < 1.29 is 9.90 Å². The van der Waals surface area contributed by atoms with Crippen molar-refractivity contribution in [2.75, 3.05) is 18.2 Å². The number of anilines is 1. The number of para-hydroxylation sites is 1. The molecule has 0 bridgehead atoms. The van der Waals surface area contributed by atoms with Crippen molar-refractivity contribution >= 4 is 23.5 Å². The molecule has 2 unspecified atom stereocenters. The topological polar surface area (TPSA) is 61.4 Å². The van der Waals surface area contributed by atoms with Gasteiger partial charge < -0.3 is 15.7 Å². The monoisotopic (exact) mass is 268 g/mol. The molecule has 1 aromatic rings. The number of hydrogen-bond donors (Lipinski definition) is 3. The molecule has 0 saturated heterocycles. The van der Waals surface area contributed by atoms with Crippen molar-refractivity contribution in [1.82, 2.24) is 5.32 Å². The molecule has 0 aliphatic heterocycles. The molecule has 0 fully saturated rings. The third-order valence-corrected chi connectivity index (χ3v) is 3.65. The van der Waals surface area contributed by atoms with Crippen molar-refractivity contribution in [1.29, 1.82) is 0 Å². The van der Waals surface area contributed by atoms with Crippen molar-refractivity contribution in [2.24, 2.45) is 5.92 Å². The summed E-state index contributed by atoms with van der Waals surface area (Å²) in [6.07, 6.45) is 1.97. The average molecular weight is 268 g/mol. The van der Waals surface area contributed by atoms with Crippen LogP contribution in [-0.4, -0.2) is 30.0 Å². The summed E-state index contributed by atoms with van der Waals surface area (Å²) < 4.78 is 0. The van der Waals surface area contributed by atoms with Gasteiger partial charge in [0.25, 0.3) is 0 Å². The maximum Gasteiger partial charge on any atom is 0.319 e. The fourth-order valence-electron chi connectivity index (χ4n) is 1.41. The number of rotatable bonds is 5. The normalized spacial score (nSPS) is 13.8. The Bertz CT molecular complexity index is 398. The highest BCUT2D eigenvalue weighted by molar-refractivity contribution is 7.98. The Hall–Kier alpha value is -1.20. The lowest BCUT2D eigenvalue weighted by atomic mass is 10.1. The number of benzene rings is 1. The SMILES string of the molecule is CSc1ccccc1NC(=O)NC(C)C(C)CO. The molecule has 0 spiro atoms. The van der Waals surface area contributed by atoms with E-state index < -0.39 is 0 Å². The predicted octanol–water partition coefficient (Wildman–Crippen LogP) is 2.55. The molecule has 0 aromatic heterocycles. The van der Waals surface area contributed by atoms with Gasteiger partial charge in [0.1, 0.15) is 0 Å². The van der Waals surface area contributed by atoms with Gasteiger partial charge in [0.05, 0.1) is 5.69 Å². The molecule has 0 saturated carbocycles. The van der Waals surface area contributed by atoms with Gasteiger partial charge in [-0.2, -0.15) is 0 Å². The zero-order chi connectivity index (χ0) is 13.5. The van der Waals surface area contributed by atoms with Crippen LogP contribution in [0.5, 0.6) is 0 Å². The van der Waals surface area contributed by atoms with Crippen LogP contribution in [0.3, 0.4) is 0 Å². The first-order valence-corrected chi connectivity index (χ1v) is 7.12. The van der Waals surface area contributed by atoms with Crippen LogP contribution in [0, 0.1) is 5.92 Å². The van der Waals surface area contributed by atoms with Crippen LogP contribution in [0.2, 0.25) is 0 Å². The van der Waals surface area contributed by atoms with Gasteiger partial charge >= 0.3 is 6.03 Å². The second-order valence-corrected chi connectivity index (χ2v) is 5.10. The van der Waals surface area contributed by atoms with E-state index in [9.17, 15) is 4.79 Å². The smallest absolute Gasteiger partial charge is 0.319 e. The zero-order valence-electron chi connectivity index (χ0n) is 10.9. The van der Waals surface area contributed by atoms with E-state index in [4.69, 9.17) is 5.11 Å². The Labute approximate surface area is 112 Å². The first-order valence-electron chi connectivity index (χ1n) is 5.90. The maximum atomic E-state index is 11.8. The van der Waals surface area contributed by atoms with E-state index >= 15 is 0 Å². The largest absolute Gasteiger partial charge is 0.396 e. The average Bonchev–Trinajstić information content (AvgIpc) is 2.38. The van der Waals surface area contributed by atoms with E-state index in [1.165, 1.54) is 0 Å². The molecule has 18 heavy (non-hydrogen) atoms. The summed E-state index contributed by atoms with van der Waals surface area (Å²) in [5, 5.41) is 14.6. The Kier molecular flexibility index (Phi) is 6.01. The predicted molar refractivity (Wildman–Crippen MR) is 76.1 cm³/mol. The quantitative estimate of drug-likeness (QED) is 0.719. The first-order chi connectivity index (χ1) is 8.58. The summed E-state index contributed by atoms with van der Waals surface area (Å²) >= 11 is 1.58. The van der Waals surface area contributed by atoms with Crippen molar-refractivity contribution in [3.63, 3.8) is 0 Å². The third-order valence-electron chi connectivity index (χ3n) is 2.86. The van der Waals surface area contributed by atoms with Crippen LogP contribution < -0.4 is 10.6 Å². The molecule has 100 valence electrons. The van der Waals surface area contributed by atoms with Gasteiger partial charge in [-0.15, -0.1) is 11.8 Å². The lowest BCUT2D eigenvalue weighted by Gasteiger charge is -2.20. The van der Waals surface area contributed by atoms with Crippen LogP contribution in [0.25, 0.3) is 0 Å². The van der Waals surface area contributed by atoms with Crippen LogP contribution in [0.1, 0.15) is 13.8 Å². The van der Waals surface area contributed by atoms with Crippen molar-refractivity contribution in [3.8, 4) is 0 Å². The first kappa shape index (κ1) is 14.9. The van der Waals surface area contributed by atoms with Crippen LogP contribution in [0.15, 0.2) is 29.2 Å². The third kappa shape index (κ3) is 4.23. The minimum atomic E-state index is -0.246. The van der Waals surface area contributed by atoms with Gasteiger partial charge in [-0.05, 0) is 31.2 Å². The van der Waals surface area contributed by atoms with Gasteiger partial charge in [0, 0.05) is 17.5 Å². The molecular weight excluding hydrogens is 248 g/mol. The minimum absolute atomic E-state index is 0.0338. The van der Waals surface area contributed by atoms with Crippen LogP contribution >= 0.6 is 11.8 Å². The van der Waals surface area contributed by atoms with Gasteiger partial charge in [-0.25, -0.2) is 4.79 Å². The lowest BCUT2D eigenvalue weighted by molar-refractivity contribution is 0.204. The molecule has 5 heteroatoms.